The predicted molar refractivity (Wildman–Crippen MR) is 74.1 cm³/mol. The number of fused-ring (bicyclic) bond motifs is 1. The Labute approximate surface area is 113 Å². The molecule has 0 aliphatic carbocycles. The quantitative estimate of drug-likeness (QED) is 0.894. The van der Waals surface area contributed by atoms with Crippen LogP contribution in [0.5, 0.6) is 11.6 Å². The van der Waals surface area contributed by atoms with Gasteiger partial charge in [0.25, 0.3) is 5.88 Å². The van der Waals surface area contributed by atoms with Crippen LogP contribution in [0.2, 0.25) is 0 Å². The lowest BCUT2D eigenvalue weighted by Crippen LogP contribution is -2.43. The normalized spacial score (nSPS) is 22.4. The molecule has 2 aliphatic heterocycles. The number of hydrogen-bond acceptors (Lipinski definition) is 5. The van der Waals surface area contributed by atoms with Crippen molar-refractivity contribution in [2.45, 2.75) is 25.9 Å². The summed E-state index contributed by atoms with van der Waals surface area (Å²) >= 11 is 0. The van der Waals surface area contributed by atoms with E-state index in [1.54, 1.807) is 0 Å². The van der Waals surface area contributed by atoms with E-state index in [0.29, 0.717) is 12.5 Å². The number of pyridine rings is 1. The number of rotatable bonds is 3. The molecule has 3 heterocycles. The predicted octanol–water partition coefficient (Wildman–Crippen LogP) is 1.43. The van der Waals surface area contributed by atoms with Crippen LogP contribution in [0.25, 0.3) is 0 Å². The minimum Gasteiger partial charge on any atom is -0.481 e. The Balaban J connectivity index is 1.76. The van der Waals surface area contributed by atoms with Crippen LogP contribution in [0.3, 0.4) is 0 Å². The number of nitrogens with zero attached hydrogens (tertiary/aromatic N) is 2. The lowest BCUT2D eigenvalue weighted by atomic mass is 10.2. The first kappa shape index (κ1) is 12.5. The first-order chi connectivity index (χ1) is 9.36. The Kier molecular flexibility index (Phi) is 3.73. The van der Waals surface area contributed by atoms with E-state index < -0.39 is 0 Å². The Morgan fingerprint density at radius 1 is 1.42 bits per heavy atom. The monoisotopic (exact) mass is 263 g/mol. The van der Waals surface area contributed by atoms with Crippen molar-refractivity contribution in [2.75, 3.05) is 37.7 Å². The molecular formula is C14H21N3O2. The van der Waals surface area contributed by atoms with Gasteiger partial charge in [-0.2, -0.15) is 0 Å². The highest BCUT2D eigenvalue weighted by Gasteiger charge is 2.23. The minimum absolute atomic E-state index is 0.164. The number of aromatic nitrogens is 1. The Hall–Kier alpha value is -1.49. The summed E-state index contributed by atoms with van der Waals surface area (Å²) in [5, 5.41) is 3.35. The van der Waals surface area contributed by atoms with Gasteiger partial charge >= 0.3 is 0 Å². The molecule has 3 rings (SSSR count). The first-order valence-electron chi connectivity index (χ1n) is 7.12. The second-order valence-electron chi connectivity index (χ2n) is 5.07. The van der Waals surface area contributed by atoms with Gasteiger partial charge in [0.1, 0.15) is 12.7 Å². The van der Waals surface area contributed by atoms with Crippen molar-refractivity contribution in [3.05, 3.63) is 12.3 Å². The van der Waals surface area contributed by atoms with Gasteiger partial charge in [-0.1, -0.05) is 13.3 Å². The third-order valence-electron chi connectivity index (χ3n) is 3.60. The van der Waals surface area contributed by atoms with Crippen molar-refractivity contribution in [1.82, 2.24) is 10.3 Å². The van der Waals surface area contributed by atoms with Crippen molar-refractivity contribution in [3.63, 3.8) is 0 Å². The summed E-state index contributed by atoms with van der Waals surface area (Å²) in [6, 6.07) is 2.06. The molecular weight excluding hydrogens is 242 g/mol. The smallest absolute Gasteiger partial charge is 0.257 e. The fourth-order valence-electron chi connectivity index (χ4n) is 2.56. The summed E-state index contributed by atoms with van der Waals surface area (Å²) in [5.41, 5.74) is 1.13. The molecule has 1 N–H and O–H groups in total. The van der Waals surface area contributed by atoms with Gasteiger partial charge in [-0.3, -0.25) is 0 Å². The third kappa shape index (κ3) is 2.76. The average Bonchev–Trinajstić information content (AvgIpc) is 2.48. The van der Waals surface area contributed by atoms with E-state index in [0.717, 1.165) is 50.5 Å². The summed E-state index contributed by atoms with van der Waals surface area (Å²) in [6.45, 7) is 6.84. The van der Waals surface area contributed by atoms with Gasteiger partial charge in [0.2, 0.25) is 0 Å². The molecule has 0 amide bonds. The molecule has 1 unspecified atom stereocenters. The van der Waals surface area contributed by atoms with E-state index in [9.17, 15) is 0 Å². The fourth-order valence-corrected chi connectivity index (χ4v) is 2.56. The zero-order valence-electron chi connectivity index (χ0n) is 11.4. The maximum absolute atomic E-state index is 5.97. The molecule has 1 aromatic rings. The van der Waals surface area contributed by atoms with E-state index in [2.05, 4.69) is 28.2 Å². The van der Waals surface area contributed by atoms with Gasteiger partial charge in [-0.25, -0.2) is 4.98 Å². The van der Waals surface area contributed by atoms with Crippen LogP contribution in [0.4, 0.5) is 5.69 Å². The zero-order valence-corrected chi connectivity index (χ0v) is 11.4. The average molecular weight is 263 g/mol. The molecule has 0 radical (unpaired) electrons. The van der Waals surface area contributed by atoms with Crippen molar-refractivity contribution in [2.24, 2.45) is 0 Å². The summed E-state index contributed by atoms with van der Waals surface area (Å²) < 4.78 is 11.6. The van der Waals surface area contributed by atoms with E-state index in [4.69, 9.17) is 9.47 Å². The van der Waals surface area contributed by atoms with Gasteiger partial charge < -0.3 is 19.7 Å². The van der Waals surface area contributed by atoms with E-state index in [1.807, 2.05) is 6.20 Å². The highest BCUT2D eigenvalue weighted by Crippen LogP contribution is 2.33. The summed E-state index contributed by atoms with van der Waals surface area (Å²) in [6.07, 6.45) is 4.18. The lowest BCUT2D eigenvalue weighted by molar-refractivity contribution is 0.0798. The van der Waals surface area contributed by atoms with Gasteiger partial charge in [0.15, 0.2) is 5.75 Å². The van der Waals surface area contributed by atoms with Gasteiger partial charge in [0.05, 0.1) is 11.9 Å². The van der Waals surface area contributed by atoms with Crippen LogP contribution in [-0.2, 0) is 0 Å². The Bertz CT molecular complexity index is 433. The molecule has 19 heavy (non-hydrogen) atoms. The number of piperazine rings is 1. The molecule has 0 saturated carbocycles. The van der Waals surface area contributed by atoms with Crippen molar-refractivity contribution in [3.8, 4) is 11.6 Å². The molecule has 2 aliphatic rings. The van der Waals surface area contributed by atoms with E-state index in [1.165, 1.54) is 0 Å². The highest BCUT2D eigenvalue weighted by atomic mass is 16.6. The molecule has 0 bridgehead atoms. The summed E-state index contributed by atoms with van der Waals surface area (Å²) in [7, 11) is 0. The molecule has 0 spiro atoms. The van der Waals surface area contributed by atoms with Crippen LogP contribution in [0.15, 0.2) is 12.3 Å². The van der Waals surface area contributed by atoms with Crippen LogP contribution < -0.4 is 19.7 Å². The molecule has 5 nitrogen and oxygen atoms in total. The maximum Gasteiger partial charge on any atom is 0.257 e. The minimum atomic E-state index is 0.164. The highest BCUT2D eigenvalue weighted by molar-refractivity contribution is 5.53. The van der Waals surface area contributed by atoms with Crippen LogP contribution >= 0.6 is 0 Å². The molecule has 1 fully saturated rings. The van der Waals surface area contributed by atoms with E-state index in [-0.39, 0.29) is 6.10 Å². The Morgan fingerprint density at radius 3 is 3.05 bits per heavy atom. The Morgan fingerprint density at radius 2 is 2.26 bits per heavy atom. The molecule has 1 atom stereocenters. The molecule has 1 saturated heterocycles. The van der Waals surface area contributed by atoms with Crippen LogP contribution in [-0.4, -0.2) is 43.9 Å². The van der Waals surface area contributed by atoms with Gasteiger partial charge in [-0.15, -0.1) is 0 Å². The first-order valence-corrected chi connectivity index (χ1v) is 7.12. The fraction of sp³-hybridized carbons (Fsp3) is 0.643. The molecule has 104 valence electrons. The van der Waals surface area contributed by atoms with Crippen molar-refractivity contribution < 1.29 is 9.47 Å². The number of hydrogen-bond donors (Lipinski definition) is 1. The number of anilines is 1. The lowest BCUT2D eigenvalue weighted by Gasteiger charge is -2.31. The summed E-state index contributed by atoms with van der Waals surface area (Å²) in [4.78, 5) is 6.71. The van der Waals surface area contributed by atoms with Crippen molar-refractivity contribution >= 4 is 5.69 Å². The second kappa shape index (κ2) is 5.65. The molecule has 0 aromatic carbocycles. The zero-order chi connectivity index (χ0) is 13.1. The van der Waals surface area contributed by atoms with Crippen LogP contribution in [0, 0.1) is 0 Å². The van der Waals surface area contributed by atoms with E-state index >= 15 is 0 Å². The molecule has 1 aromatic heterocycles. The molecule has 5 heteroatoms. The van der Waals surface area contributed by atoms with Gasteiger partial charge in [-0.05, 0) is 6.42 Å². The maximum atomic E-state index is 5.97. The standard InChI is InChI=1S/C14H21N3O2/c1-2-3-12-10-18-14-13(19-12)8-11(9-16-14)17-6-4-15-5-7-17/h8-9,12,15H,2-7,10H2,1H3. The number of nitrogens with one attached hydrogen (secondary N) is 1. The third-order valence-corrected chi connectivity index (χ3v) is 3.60. The number of ether oxygens (including phenoxy) is 2. The summed E-state index contributed by atoms with van der Waals surface area (Å²) in [5.74, 6) is 1.42. The van der Waals surface area contributed by atoms with Crippen molar-refractivity contribution in [1.29, 1.82) is 0 Å². The van der Waals surface area contributed by atoms with Gasteiger partial charge in [0, 0.05) is 32.2 Å². The largest absolute Gasteiger partial charge is 0.481 e. The SMILES string of the molecule is CCCC1COc2ncc(N3CCNCC3)cc2O1. The second-order valence-corrected chi connectivity index (χ2v) is 5.07. The topological polar surface area (TPSA) is 46.6 Å². The van der Waals surface area contributed by atoms with Crippen LogP contribution in [0.1, 0.15) is 19.8 Å².